The molecule has 0 radical (unpaired) electrons. The molecule has 0 saturated carbocycles. The van der Waals surface area contributed by atoms with Gasteiger partial charge in [0.2, 0.25) is 5.91 Å². The maximum absolute atomic E-state index is 12.9. The molecule has 4 nitrogen and oxygen atoms in total. The maximum Gasteiger partial charge on any atom is 0.220 e. The van der Waals surface area contributed by atoms with Crippen LogP contribution in [-0.2, 0) is 16.0 Å². The molecule has 0 spiro atoms. The molecule has 5 heteroatoms. The SMILES string of the molecule is COCCNC(=O)CCc1cccc(Oc2ccc(F)cc2)c1. The number of amides is 1. The second-order valence-electron chi connectivity index (χ2n) is 5.05. The summed E-state index contributed by atoms with van der Waals surface area (Å²) in [5.74, 6) is 0.923. The van der Waals surface area contributed by atoms with Crippen molar-refractivity contribution in [1.82, 2.24) is 5.32 Å². The average Bonchev–Trinajstić information content (AvgIpc) is 2.56. The van der Waals surface area contributed by atoms with Gasteiger partial charge in [0.1, 0.15) is 17.3 Å². The van der Waals surface area contributed by atoms with Crippen LogP contribution in [0.5, 0.6) is 11.5 Å². The number of carbonyl (C=O) groups is 1. The molecule has 0 aliphatic carbocycles. The summed E-state index contributed by atoms with van der Waals surface area (Å²) in [4.78, 5) is 11.7. The summed E-state index contributed by atoms with van der Waals surface area (Å²) in [6.45, 7) is 1.02. The second kappa shape index (κ2) is 8.90. The van der Waals surface area contributed by atoms with Crippen molar-refractivity contribution in [3.05, 3.63) is 59.9 Å². The molecule has 0 aromatic heterocycles. The van der Waals surface area contributed by atoms with Crippen molar-refractivity contribution in [2.75, 3.05) is 20.3 Å². The molecule has 0 heterocycles. The predicted molar refractivity (Wildman–Crippen MR) is 86.1 cm³/mol. The molecule has 0 aliphatic rings. The lowest BCUT2D eigenvalue weighted by molar-refractivity contribution is -0.121. The van der Waals surface area contributed by atoms with E-state index in [2.05, 4.69) is 5.32 Å². The number of halogens is 1. The minimum Gasteiger partial charge on any atom is -0.457 e. The fourth-order valence-electron chi connectivity index (χ4n) is 2.04. The van der Waals surface area contributed by atoms with Gasteiger partial charge >= 0.3 is 0 Å². The van der Waals surface area contributed by atoms with Crippen molar-refractivity contribution < 1.29 is 18.7 Å². The molecule has 0 atom stereocenters. The number of rotatable bonds is 8. The summed E-state index contributed by atoms with van der Waals surface area (Å²) in [5.41, 5.74) is 1.01. The fraction of sp³-hybridized carbons (Fsp3) is 0.278. The molecule has 0 aliphatic heterocycles. The van der Waals surface area contributed by atoms with Crippen LogP contribution in [0.2, 0.25) is 0 Å². The van der Waals surface area contributed by atoms with Gasteiger partial charge in [-0.3, -0.25) is 4.79 Å². The van der Waals surface area contributed by atoms with Gasteiger partial charge in [0.25, 0.3) is 0 Å². The van der Waals surface area contributed by atoms with Crippen LogP contribution in [0.3, 0.4) is 0 Å². The number of aryl methyl sites for hydroxylation is 1. The van der Waals surface area contributed by atoms with Crippen LogP contribution < -0.4 is 10.1 Å². The van der Waals surface area contributed by atoms with Crippen LogP contribution in [-0.4, -0.2) is 26.2 Å². The predicted octanol–water partition coefficient (Wildman–Crippen LogP) is 3.31. The van der Waals surface area contributed by atoms with E-state index in [9.17, 15) is 9.18 Å². The zero-order valence-corrected chi connectivity index (χ0v) is 13.0. The van der Waals surface area contributed by atoms with E-state index in [1.165, 1.54) is 12.1 Å². The molecule has 23 heavy (non-hydrogen) atoms. The van der Waals surface area contributed by atoms with Gasteiger partial charge < -0.3 is 14.8 Å². The zero-order valence-electron chi connectivity index (χ0n) is 13.0. The number of carbonyl (C=O) groups excluding carboxylic acids is 1. The topological polar surface area (TPSA) is 47.6 Å². The Labute approximate surface area is 135 Å². The molecule has 2 rings (SSSR count). The summed E-state index contributed by atoms with van der Waals surface area (Å²) >= 11 is 0. The third-order valence-corrected chi connectivity index (χ3v) is 3.22. The molecular weight excluding hydrogens is 297 g/mol. The summed E-state index contributed by atoms with van der Waals surface area (Å²) in [6, 6.07) is 13.4. The lowest BCUT2D eigenvalue weighted by Crippen LogP contribution is -2.27. The van der Waals surface area contributed by atoms with E-state index in [0.717, 1.165) is 5.56 Å². The first-order valence-electron chi connectivity index (χ1n) is 7.45. The first-order chi connectivity index (χ1) is 11.2. The molecule has 2 aromatic carbocycles. The average molecular weight is 317 g/mol. The van der Waals surface area contributed by atoms with E-state index < -0.39 is 0 Å². The molecule has 0 fully saturated rings. The number of benzene rings is 2. The third-order valence-electron chi connectivity index (χ3n) is 3.22. The number of nitrogens with one attached hydrogen (secondary N) is 1. The standard InChI is InChI=1S/C18H20FNO3/c1-22-12-11-20-18(21)10-5-14-3-2-4-17(13-14)23-16-8-6-15(19)7-9-16/h2-4,6-9,13H,5,10-12H2,1H3,(H,20,21). The highest BCUT2D eigenvalue weighted by Crippen LogP contribution is 2.22. The van der Waals surface area contributed by atoms with Crippen molar-refractivity contribution in [3.8, 4) is 11.5 Å². The maximum atomic E-state index is 12.9. The third kappa shape index (κ3) is 6.08. The largest absolute Gasteiger partial charge is 0.457 e. The first kappa shape index (κ1) is 17.0. The number of ether oxygens (including phenoxy) is 2. The van der Waals surface area contributed by atoms with E-state index in [4.69, 9.17) is 9.47 Å². The molecule has 0 saturated heterocycles. The number of hydrogen-bond donors (Lipinski definition) is 1. The Bertz CT molecular complexity index is 628. The number of hydrogen-bond acceptors (Lipinski definition) is 3. The Morgan fingerprint density at radius 1 is 1.13 bits per heavy atom. The Balaban J connectivity index is 1.87. The quantitative estimate of drug-likeness (QED) is 0.760. The van der Waals surface area contributed by atoms with Crippen molar-refractivity contribution in [3.63, 3.8) is 0 Å². The molecule has 0 bridgehead atoms. The van der Waals surface area contributed by atoms with Crippen molar-refractivity contribution in [2.24, 2.45) is 0 Å². The summed E-state index contributed by atoms with van der Waals surface area (Å²) in [5, 5.41) is 2.78. The Kier molecular flexibility index (Phi) is 6.56. The van der Waals surface area contributed by atoms with Gasteiger partial charge in [0.15, 0.2) is 0 Å². The van der Waals surface area contributed by atoms with E-state index >= 15 is 0 Å². The Hall–Kier alpha value is -2.40. The van der Waals surface area contributed by atoms with Crippen molar-refractivity contribution in [2.45, 2.75) is 12.8 Å². The first-order valence-corrected chi connectivity index (χ1v) is 7.45. The van der Waals surface area contributed by atoms with Gasteiger partial charge in [-0.15, -0.1) is 0 Å². The highest BCUT2D eigenvalue weighted by atomic mass is 19.1. The van der Waals surface area contributed by atoms with Crippen LogP contribution in [0.1, 0.15) is 12.0 Å². The van der Waals surface area contributed by atoms with Gasteiger partial charge in [0.05, 0.1) is 6.61 Å². The van der Waals surface area contributed by atoms with Crippen molar-refractivity contribution in [1.29, 1.82) is 0 Å². The summed E-state index contributed by atoms with van der Waals surface area (Å²) in [6.07, 6.45) is 1.03. The minimum atomic E-state index is -0.300. The van der Waals surface area contributed by atoms with Gasteiger partial charge in [-0.2, -0.15) is 0 Å². The second-order valence-corrected chi connectivity index (χ2v) is 5.05. The van der Waals surface area contributed by atoms with E-state index in [-0.39, 0.29) is 11.7 Å². The van der Waals surface area contributed by atoms with Crippen LogP contribution >= 0.6 is 0 Å². The number of methoxy groups -OCH3 is 1. The van der Waals surface area contributed by atoms with Gasteiger partial charge in [-0.05, 0) is 48.4 Å². The van der Waals surface area contributed by atoms with Crippen LogP contribution in [0.15, 0.2) is 48.5 Å². The highest BCUT2D eigenvalue weighted by molar-refractivity contribution is 5.76. The Morgan fingerprint density at radius 3 is 2.65 bits per heavy atom. The molecule has 2 aromatic rings. The summed E-state index contributed by atoms with van der Waals surface area (Å²) in [7, 11) is 1.60. The van der Waals surface area contributed by atoms with E-state index in [1.54, 1.807) is 19.2 Å². The van der Waals surface area contributed by atoms with Crippen molar-refractivity contribution >= 4 is 5.91 Å². The normalized spacial score (nSPS) is 10.3. The lowest BCUT2D eigenvalue weighted by Gasteiger charge is -2.08. The van der Waals surface area contributed by atoms with Crippen LogP contribution in [0.25, 0.3) is 0 Å². The molecule has 1 amide bonds. The fourth-order valence-corrected chi connectivity index (χ4v) is 2.04. The minimum absolute atomic E-state index is 0.00749. The smallest absolute Gasteiger partial charge is 0.220 e. The molecule has 0 unspecified atom stereocenters. The molecule has 122 valence electrons. The molecular formula is C18H20FNO3. The van der Waals surface area contributed by atoms with Crippen LogP contribution in [0, 0.1) is 5.82 Å². The van der Waals surface area contributed by atoms with Gasteiger partial charge in [-0.1, -0.05) is 12.1 Å². The van der Waals surface area contributed by atoms with Gasteiger partial charge in [0, 0.05) is 20.1 Å². The van der Waals surface area contributed by atoms with Crippen LogP contribution in [0.4, 0.5) is 4.39 Å². The molecule has 1 N–H and O–H groups in total. The Morgan fingerprint density at radius 2 is 1.91 bits per heavy atom. The van der Waals surface area contributed by atoms with E-state index in [0.29, 0.717) is 37.5 Å². The van der Waals surface area contributed by atoms with Gasteiger partial charge in [-0.25, -0.2) is 4.39 Å². The monoisotopic (exact) mass is 317 g/mol. The summed E-state index contributed by atoms with van der Waals surface area (Å²) < 4.78 is 23.4. The van der Waals surface area contributed by atoms with E-state index in [1.807, 2.05) is 24.3 Å². The lowest BCUT2D eigenvalue weighted by atomic mass is 10.1. The zero-order chi connectivity index (χ0) is 16.5. The highest BCUT2D eigenvalue weighted by Gasteiger charge is 2.04.